The van der Waals surface area contributed by atoms with Crippen molar-refractivity contribution in [2.75, 3.05) is 13.2 Å². The highest BCUT2D eigenvalue weighted by Gasteiger charge is 2.19. The maximum Gasteiger partial charge on any atom is 0.306 e. The fourth-order valence-corrected chi connectivity index (χ4v) is 10.2. The van der Waals surface area contributed by atoms with E-state index in [-0.39, 0.29) is 31.1 Å². The summed E-state index contributed by atoms with van der Waals surface area (Å²) in [7, 11) is 0. The molecule has 0 spiro atoms. The van der Waals surface area contributed by atoms with Gasteiger partial charge in [-0.15, -0.1) is 0 Å². The Bertz CT molecular complexity index is 1530. The van der Waals surface area contributed by atoms with E-state index < -0.39 is 6.10 Å². The van der Waals surface area contributed by atoms with Crippen molar-refractivity contribution >= 4 is 17.9 Å². The molecule has 6 nitrogen and oxygen atoms in total. The molecule has 0 N–H and O–H groups in total. The Morgan fingerprint density at radius 3 is 0.753 bits per heavy atom. The van der Waals surface area contributed by atoms with Crippen molar-refractivity contribution in [3.05, 3.63) is 85.1 Å². The van der Waals surface area contributed by atoms with Crippen LogP contribution in [0.5, 0.6) is 0 Å². The van der Waals surface area contributed by atoms with E-state index in [4.69, 9.17) is 14.2 Å². The van der Waals surface area contributed by atoms with Gasteiger partial charge in [-0.3, -0.25) is 14.4 Å². The van der Waals surface area contributed by atoms with Gasteiger partial charge in [0.25, 0.3) is 0 Å². The normalized spacial score (nSPS) is 12.6. The van der Waals surface area contributed by atoms with E-state index >= 15 is 0 Å². The van der Waals surface area contributed by atoms with Crippen LogP contribution in [0.25, 0.3) is 0 Å². The first-order valence-electron chi connectivity index (χ1n) is 35.1. The minimum atomic E-state index is -0.776. The molecule has 0 saturated heterocycles. The van der Waals surface area contributed by atoms with Crippen LogP contribution in [0.1, 0.15) is 355 Å². The third-order valence-electron chi connectivity index (χ3n) is 15.4. The van der Waals surface area contributed by atoms with E-state index in [0.29, 0.717) is 19.3 Å². The van der Waals surface area contributed by atoms with Crippen LogP contribution < -0.4 is 0 Å². The second-order valence-corrected chi connectivity index (χ2v) is 23.4. The summed E-state index contributed by atoms with van der Waals surface area (Å²) < 4.78 is 16.9. The third kappa shape index (κ3) is 67.3. The Labute approximate surface area is 503 Å². The van der Waals surface area contributed by atoms with Crippen molar-refractivity contribution in [2.24, 2.45) is 0 Å². The average molecular weight is 1130 g/mol. The topological polar surface area (TPSA) is 78.9 Å². The summed E-state index contributed by atoms with van der Waals surface area (Å²) in [6.07, 6.45) is 91.9. The highest BCUT2D eigenvalue weighted by molar-refractivity contribution is 5.71. The van der Waals surface area contributed by atoms with Gasteiger partial charge in [-0.2, -0.15) is 0 Å². The molecule has 468 valence electrons. The molecule has 0 fully saturated rings. The first-order chi connectivity index (χ1) is 40.0. The van der Waals surface area contributed by atoms with E-state index in [9.17, 15) is 14.4 Å². The molecule has 0 radical (unpaired) electrons. The van der Waals surface area contributed by atoms with E-state index in [0.717, 1.165) is 96.3 Å². The molecule has 0 aromatic carbocycles. The lowest BCUT2D eigenvalue weighted by Crippen LogP contribution is -2.30. The van der Waals surface area contributed by atoms with Crippen LogP contribution in [-0.4, -0.2) is 37.2 Å². The average Bonchev–Trinajstić information content (AvgIpc) is 3.47. The summed E-state index contributed by atoms with van der Waals surface area (Å²) in [6.45, 7) is 6.54. The van der Waals surface area contributed by atoms with Crippen LogP contribution in [0.15, 0.2) is 85.1 Å². The molecule has 0 aromatic rings. The quantitative estimate of drug-likeness (QED) is 0.0261. The van der Waals surface area contributed by atoms with Crippen LogP contribution in [-0.2, 0) is 28.6 Å². The standard InChI is InChI=1S/C75H132O6/c1-4-7-10-13-16-19-21-23-25-27-29-31-33-35-36-37-38-40-41-43-45-47-49-51-53-56-59-62-65-68-74(77)80-71-72(70-79-73(76)67-64-61-58-55-18-15-12-9-6-3)81-75(78)69-66-63-60-57-54-52-50-48-46-44-42-39-34-32-30-28-26-24-22-20-17-14-11-8-5-2/h8,11,17,20-21,23-24,26-27,29-30,32-33,35,72H,4-7,9-10,12-16,18-19,22,25,28,31,34,36-71H2,1-3H3/b11-8-,20-17-,23-21-,26-24-,29-27-,32-30-,35-33-. The van der Waals surface area contributed by atoms with Crippen molar-refractivity contribution in [2.45, 2.75) is 361 Å². The molecular weight excluding hydrogens is 997 g/mol. The Balaban J connectivity index is 4.14. The maximum absolute atomic E-state index is 12.9. The Morgan fingerprint density at radius 2 is 0.481 bits per heavy atom. The molecule has 0 bridgehead atoms. The molecule has 0 aliphatic rings. The molecule has 1 atom stereocenters. The molecule has 0 amide bonds. The maximum atomic E-state index is 12.9. The van der Waals surface area contributed by atoms with Crippen molar-refractivity contribution in [1.29, 1.82) is 0 Å². The summed E-state index contributed by atoms with van der Waals surface area (Å²) in [6, 6.07) is 0. The van der Waals surface area contributed by atoms with E-state index in [1.165, 1.54) is 218 Å². The van der Waals surface area contributed by atoms with Crippen LogP contribution in [0.3, 0.4) is 0 Å². The fraction of sp³-hybridized carbons (Fsp3) is 0.773. The second kappa shape index (κ2) is 69.1. The van der Waals surface area contributed by atoms with E-state index in [2.05, 4.69) is 106 Å². The smallest absolute Gasteiger partial charge is 0.306 e. The summed E-state index contributed by atoms with van der Waals surface area (Å²) in [5.74, 6) is -0.862. The highest BCUT2D eigenvalue weighted by atomic mass is 16.6. The number of unbranched alkanes of at least 4 members (excludes halogenated alkanes) is 39. The molecule has 0 aromatic heterocycles. The summed E-state index contributed by atoms with van der Waals surface area (Å²) in [4.78, 5) is 38.3. The van der Waals surface area contributed by atoms with Crippen LogP contribution >= 0.6 is 0 Å². The monoisotopic (exact) mass is 1130 g/mol. The molecule has 0 rings (SSSR count). The first kappa shape index (κ1) is 77.6. The van der Waals surface area contributed by atoms with Crippen molar-refractivity contribution < 1.29 is 28.6 Å². The number of esters is 3. The largest absolute Gasteiger partial charge is 0.462 e. The predicted octanol–water partition coefficient (Wildman–Crippen LogP) is 24.2. The first-order valence-corrected chi connectivity index (χ1v) is 35.1. The lowest BCUT2D eigenvalue weighted by molar-refractivity contribution is -0.167. The molecule has 0 aliphatic heterocycles. The predicted molar refractivity (Wildman–Crippen MR) is 353 cm³/mol. The van der Waals surface area contributed by atoms with Crippen molar-refractivity contribution in [1.82, 2.24) is 0 Å². The summed E-state index contributed by atoms with van der Waals surface area (Å²) >= 11 is 0. The Morgan fingerprint density at radius 1 is 0.259 bits per heavy atom. The van der Waals surface area contributed by atoms with Crippen LogP contribution in [0, 0.1) is 0 Å². The van der Waals surface area contributed by atoms with Crippen LogP contribution in [0.2, 0.25) is 0 Å². The van der Waals surface area contributed by atoms with Gasteiger partial charge in [-0.05, 0) is 96.3 Å². The van der Waals surface area contributed by atoms with Crippen molar-refractivity contribution in [3.63, 3.8) is 0 Å². The Hall–Kier alpha value is -3.41. The van der Waals surface area contributed by atoms with Crippen molar-refractivity contribution in [3.8, 4) is 0 Å². The summed E-state index contributed by atoms with van der Waals surface area (Å²) in [5, 5.41) is 0. The summed E-state index contributed by atoms with van der Waals surface area (Å²) in [5.41, 5.74) is 0. The zero-order chi connectivity index (χ0) is 58.5. The molecule has 6 heteroatoms. The molecule has 0 saturated carbocycles. The third-order valence-corrected chi connectivity index (χ3v) is 15.4. The van der Waals surface area contributed by atoms with Gasteiger partial charge in [0.15, 0.2) is 6.10 Å². The lowest BCUT2D eigenvalue weighted by atomic mass is 10.0. The number of allylic oxidation sites excluding steroid dienone is 14. The zero-order valence-electron chi connectivity index (χ0n) is 53.8. The number of carbonyl (C=O) groups is 3. The number of carbonyl (C=O) groups excluding carboxylic acids is 3. The number of ether oxygens (including phenoxy) is 3. The number of hydrogen-bond donors (Lipinski definition) is 0. The molecule has 81 heavy (non-hydrogen) atoms. The van der Waals surface area contributed by atoms with E-state index in [1.54, 1.807) is 0 Å². The van der Waals surface area contributed by atoms with Gasteiger partial charge >= 0.3 is 17.9 Å². The lowest BCUT2D eigenvalue weighted by Gasteiger charge is -2.18. The van der Waals surface area contributed by atoms with Gasteiger partial charge < -0.3 is 14.2 Å². The molecule has 0 aliphatic carbocycles. The number of hydrogen-bond acceptors (Lipinski definition) is 6. The molecule has 0 heterocycles. The second-order valence-electron chi connectivity index (χ2n) is 23.4. The Kier molecular flexibility index (Phi) is 66.2. The van der Waals surface area contributed by atoms with Gasteiger partial charge in [-0.1, -0.05) is 324 Å². The van der Waals surface area contributed by atoms with Gasteiger partial charge in [0.05, 0.1) is 0 Å². The SMILES string of the molecule is CC/C=C\C/C=C\C/C=C\C/C=C\CCCCCCCCCCCCCCC(=O)OC(COC(=O)CCCCCCCCCCC)COC(=O)CCCCCCCCCCCCCCCC/C=C\C/C=C\C/C=C\CCCCCCC. The van der Waals surface area contributed by atoms with Gasteiger partial charge in [0, 0.05) is 19.3 Å². The van der Waals surface area contributed by atoms with Gasteiger partial charge in [-0.25, -0.2) is 0 Å². The minimum absolute atomic E-state index is 0.0733. The van der Waals surface area contributed by atoms with E-state index in [1.807, 2.05) is 0 Å². The minimum Gasteiger partial charge on any atom is -0.462 e. The van der Waals surface area contributed by atoms with Gasteiger partial charge in [0.2, 0.25) is 0 Å². The van der Waals surface area contributed by atoms with Gasteiger partial charge in [0.1, 0.15) is 13.2 Å². The van der Waals surface area contributed by atoms with Crippen LogP contribution in [0.4, 0.5) is 0 Å². The molecule has 1 unspecified atom stereocenters. The zero-order valence-corrected chi connectivity index (χ0v) is 53.8. The number of rotatable bonds is 64. The highest BCUT2D eigenvalue weighted by Crippen LogP contribution is 2.17. The molecular formula is C75H132O6. The fourth-order valence-electron chi connectivity index (χ4n) is 10.2.